The number of anilines is 2. The maximum absolute atomic E-state index is 14.2. The zero-order chi connectivity index (χ0) is 26.9. The number of fused-ring (bicyclic) bond motifs is 1. The third kappa shape index (κ3) is 5.08. The number of nitrogens with one attached hydrogen (secondary N) is 1. The second kappa shape index (κ2) is 10.7. The Morgan fingerprint density at radius 2 is 1.55 bits per heavy atom. The zero-order valence-corrected chi connectivity index (χ0v) is 22.1. The van der Waals surface area contributed by atoms with Gasteiger partial charge in [-0.3, -0.25) is 14.4 Å². The molecule has 5 rings (SSSR count). The zero-order valence-electron chi connectivity index (χ0n) is 21.3. The Morgan fingerprint density at radius 3 is 2.21 bits per heavy atom. The molecule has 8 nitrogen and oxygen atoms in total. The molecule has 2 aliphatic rings. The molecule has 9 heteroatoms. The minimum atomic E-state index is -4.09. The highest BCUT2D eigenvalue weighted by atomic mass is 32.2. The molecule has 1 saturated heterocycles. The Morgan fingerprint density at radius 1 is 0.895 bits per heavy atom. The van der Waals surface area contributed by atoms with Gasteiger partial charge in [0.2, 0.25) is 21.8 Å². The molecule has 3 amide bonds. The van der Waals surface area contributed by atoms with Gasteiger partial charge >= 0.3 is 0 Å². The standard InChI is InChI=1S/C29H31N3O5S/c1-20(33)30-23-13-15-24(16-14-23)31-28(34)19-27(29(31)35)32(25-10-4-2-3-5-11-25)38(36,37)26-17-12-21-8-6-7-9-22(21)18-26/h6-9,12-18,25,27H,2-5,10-11,19H2,1H3,(H,30,33). The lowest BCUT2D eigenvalue weighted by Gasteiger charge is -2.34. The van der Waals surface area contributed by atoms with Crippen LogP contribution < -0.4 is 10.2 Å². The van der Waals surface area contributed by atoms with E-state index in [0.29, 0.717) is 24.2 Å². The van der Waals surface area contributed by atoms with E-state index in [1.807, 2.05) is 24.3 Å². The molecule has 1 N–H and O–H groups in total. The van der Waals surface area contributed by atoms with E-state index in [9.17, 15) is 22.8 Å². The lowest BCUT2D eigenvalue weighted by atomic mass is 10.1. The summed E-state index contributed by atoms with van der Waals surface area (Å²) < 4.78 is 29.8. The van der Waals surface area contributed by atoms with E-state index >= 15 is 0 Å². The topological polar surface area (TPSA) is 104 Å². The first-order valence-electron chi connectivity index (χ1n) is 13.0. The first kappa shape index (κ1) is 26.1. The van der Waals surface area contributed by atoms with Crippen LogP contribution in [0.15, 0.2) is 71.6 Å². The fraction of sp³-hybridized carbons (Fsp3) is 0.345. The number of carbonyl (C=O) groups is 3. The van der Waals surface area contributed by atoms with Gasteiger partial charge in [-0.2, -0.15) is 4.31 Å². The van der Waals surface area contributed by atoms with E-state index in [-0.39, 0.29) is 23.3 Å². The average molecular weight is 534 g/mol. The van der Waals surface area contributed by atoms with Crippen LogP contribution in [0.1, 0.15) is 51.9 Å². The predicted molar refractivity (Wildman–Crippen MR) is 146 cm³/mol. The Labute approximate surface area is 222 Å². The molecule has 0 bridgehead atoms. The quantitative estimate of drug-likeness (QED) is 0.361. The fourth-order valence-electron chi connectivity index (χ4n) is 5.56. The molecule has 1 unspecified atom stereocenters. The van der Waals surface area contributed by atoms with Crippen molar-refractivity contribution in [1.29, 1.82) is 0 Å². The average Bonchev–Trinajstić information content (AvgIpc) is 3.05. The molecule has 0 aromatic heterocycles. The summed E-state index contributed by atoms with van der Waals surface area (Å²) in [6.45, 7) is 1.39. The Kier molecular flexibility index (Phi) is 7.32. The van der Waals surface area contributed by atoms with Crippen LogP contribution in [0.5, 0.6) is 0 Å². The molecule has 2 fully saturated rings. The van der Waals surface area contributed by atoms with E-state index in [4.69, 9.17) is 0 Å². The maximum atomic E-state index is 14.2. The minimum absolute atomic E-state index is 0.124. The van der Waals surface area contributed by atoms with Crippen LogP contribution in [0.3, 0.4) is 0 Å². The molecular weight excluding hydrogens is 502 g/mol. The maximum Gasteiger partial charge on any atom is 0.252 e. The summed E-state index contributed by atoms with van der Waals surface area (Å²) in [5.74, 6) is -1.22. The van der Waals surface area contributed by atoms with Crippen LogP contribution in [0, 0.1) is 0 Å². The summed E-state index contributed by atoms with van der Waals surface area (Å²) in [6, 6.07) is 17.4. The molecular formula is C29H31N3O5S. The van der Waals surface area contributed by atoms with Gasteiger partial charge < -0.3 is 5.32 Å². The molecule has 0 spiro atoms. The Balaban J connectivity index is 1.52. The van der Waals surface area contributed by atoms with E-state index in [2.05, 4.69) is 5.32 Å². The highest BCUT2D eigenvalue weighted by molar-refractivity contribution is 7.89. The number of hydrogen-bond donors (Lipinski definition) is 1. The van der Waals surface area contributed by atoms with Crippen molar-refractivity contribution >= 4 is 49.9 Å². The number of carbonyl (C=O) groups excluding carboxylic acids is 3. The van der Waals surface area contributed by atoms with Crippen LogP contribution in [-0.4, -0.2) is 42.5 Å². The van der Waals surface area contributed by atoms with Gasteiger partial charge in [0.15, 0.2) is 0 Å². The highest BCUT2D eigenvalue weighted by Gasteiger charge is 2.49. The van der Waals surface area contributed by atoms with Crippen molar-refractivity contribution in [3.63, 3.8) is 0 Å². The third-order valence-electron chi connectivity index (χ3n) is 7.36. The SMILES string of the molecule is CC(=O)Nc1ccc(N2C(=O)CC(N(C3CCCCCC3)S(=O)(=O)c3ccc4ccccc4c3)C2=O)cc1. The number of imide groups is 1. The largest absolute Gasteiger partial charge is 0.326 e. The van der Waals surface area contributed by atoms with Crippen molar-refractivity contribution in [2.75, 3.05) is 10.2 Å². The second-order valence-corrected chi connectivity index (χ2v) is 11.8. The van der Waals surface area contributed by atoms with Gasteiger partial charge in [-0.1, -0.05) is 56.0 Å². The number of amides is 3. The number of nitrogens with zero attached hydrogens (tertiary/aromatic N) is 2. The number of rotatable bonds is 6. The molecule has 38 heavy (non-hydrogen) atoms. The van der Waals surface area contributed by atoms with Crippen molar-refractivity contribution in [3.8, 4) is 0 Å². The van der Waals surface area contributed by atoms with Crippen LogP contribution >= 0.6 is 0 Å². The first-order chi connectivity index (χ1) is 18.3. The van der Waals surface area contributed by atoms with Crippen molar-refractivity contribution in [3.05, 3.63) is 66.7 Å². The highest BCUT2D eigenvalue weighted by Crippen LogP contribution is 2.35. The Bertz CT molecular complexity index is 1480. The van der Waals surface area contributed by atoms with Crippen LogP contribution in [0.4, 0.5) is 11.4 Å². The first-order valence-corrected chi connectivity index (χ1v) is 14.5. The van der Waals surface area contributed by atoms with Gasteiger partial charge in [0.1, 0.15) is 6.04 Å². The van der Waals surface area contributed by atoms with Crippen molar-refractivity contribution in [1.82, 2.24) is 4.31 Å². The lowest BCUT2D eigenvalue weighted by Crippen LogP contribution is -2.50. The van der Waals surface area contributed by atoms with E-state index in [1.54, 1.807) is 42.5 Å². The summed E-state index contributed by atoms with van der Waals surface area (Å²) in [5.41, 5.74) is 0.886. The number of hydrogen-bond acceptors (Lipinski definition) is 5. The monoisotopic (exact) mass is 533 g/mol. The number of benzene rings is 3. The van der Waals surface area contributed by atoms with Crippen LogP contribution in [0.2, 0.25) is 0 Å². The number of sulfonamides is 1. The summed E-state index contributed by atoms with van der Waals surface area (Å²) in [6.07, 6.45) is 4.87. The molecule has 0 radical (unpaired) electrons. The molecule has 3 aromatic rings. The second-order valence-electron chi connectivity index (χ2n) is 10.0. The lowest BCUT2D eigenvalue weighted by molar-refractivity contribution is -0.122. The van der Waals surface area contributed by atoms with Gasteiger partial charge in [-0.05, 0) is 60.0 Å². The smallest absolute Gasteiger partial charge is 0.252 e. The van der Waals surface area contributed by atoms with Gasteiger partial charge in [0.25, 0.3) is 5.91 Å². The summed E-state index contributed by atoms with van der Waals surface area (Å²) >= 11 is 0. The minimum Gasteiger partial charge on any atom is -0.326 e. The molecule has 1 saturated carbocycles. The van der Waals surface area contributed by atoms with Gasteiger partial charge in [-0.15, -0.1) is 0 Å². The normalized spacial score (nSPS) is 19.2. The molecule has 1 aliphatic carbocycles. The fourth-order valence-corrected chi connectivity index (χ4v) is 7.43. The van der Waals surface area contributed by atoms with E-state index in [0.717, 1.165) is 41.4 Å². The third-order valence-corrected chi connectivity index (χ3v) is 9.31. The van der Waals surface area contributed by atoms with Crippen LogP contribution in [-0.2, 0) is 24.4 Å². The predicted octanol–water partition coefficient (Wildman–Crippen LogP) is 4.84. The van der Waals surface area contributed by atoms with Gasteiger partial charge in [-0.25, -0.2) is 13.3 Å². The summed E-state index contributed by atoms with van der Waals surface area (Å²) in [4.78, 5) is 39.5. The molecule has 1 atom stereocenters. The van der Waals surface area contributed by atoms with E-state index in [1.165, 1.54) is 11.2 Å². The van der Waals surface area contributed by atoms with Crippen molar-refractivity contribution in [2.24, 2.45) is 0 Å². The van der Waals surface area contributed by atoms with Gasteiger partial charge in [0.05, 0.1) is 17.0 Å². The van der Waals surface area contributed by atoms with Crippen molar-refractivity contribution in [2.45, 2.75) is 68.8 Å². The van der Waals surface area contributed by atoms with Crippen LogP contribution in [0.25, 0.3) is 10.8 Å². The molecule has 1 heterocycles. The molecule has 198 valence electrons. The Hall–Kier alpha value is -3.56. The summed E-state index contributed by atoms with van der Waals surface area (Å²) in [7, 11) is -4.09. The summed E-state index contributed by atoms with van der Waals surface area (Å²) in [5, 5.41) is 4.38. The molecule has 1 aliphatic heterocycles. The van der Waals surface area contributed by atoms with E-state index < -0.39 is 27.9 Å². The van der Waals surface area contributed by atoms with Crippen molar-refractivity contribution < 1.29 is 22.8 Å². The van der Waals surface area contributed by atoms with Gasteiger partial charge in [0, 0.05) is 18.7 Å². The molecule has 3 aromatic carbocycles.